The van der Waals surface area contributed by atoms with Crippen LogP contribution in [0.1, 0.15) is 33.0 Å². The monoisotopic (exact) mass is 516 g/mol. The van der Waals surface area contributed by atoms with E-state index in [0.29, 0.717) is 37.5 Å². The first-order valence-electron chi connectivity index (χ1n) is 12.4. The first kappa shape index (κ1) is 25.2. The number of anilines is 1. The molecule has 2 amide bonds. The molecule has 2 aliphatic rings. The number of carbonyl (C=O) groups is 3. The lowest BCUT2D eigenvalue weighted by molar-refractivity contribution is -0.139. The second kappa shape index (κ2) is 11.3. The number of ether oxygens (including phenoxy) is 1. The smallest absolute Gasteiger partial charge is 0.310 e. The summed E-state index contributed by atoms with van der Waals surface area (Å²) in [5.74, 6) is -1.24. The average molecular weight is 517 g/mol. The molecular formula is C27H28N6O5. The maximum atomic E-state index is 12.9. The third kappa shape index (κ3) is 5.73. The molecule has 11 heteroatoms. The van der Waals surface area contributed by atoms with Crippen molar-refractivity contribution in [2.45, 2.75) is 13.0 Å². The highest BCUT2D eigenvalue weighted by Crippen LogP contribution is 2.17. The summed E-state index contributed by atoms with van der Waals surface area (Å²) in [5.41, 5.74) is 2.76. The van der Waals surface area contributed by atoms with Gasteiger partial charge in [0, 0.05) is 38.6 Å². The van der Waals surface area contributed by atoms with Gasteiger partial charge in [0.25, 0.3) is 11.8 Å². The second-order valence-corrected chi connectivity index (χ2v) is 9.07. The van der Waals surface area contributed by atoms with Crippen LogP contribution in [0, 0.1) is 5.92 Å². The van der Waals surface area contributed by atoms with Gasteiger partial charge in [-0.15, -0.1) is 0 Å². The number of allylic oxidation sites excluding steroid dienone is 1. The van der Waals surface area contributed by atoms with E-state index in [1.54, 1.807) is 47.1 Å². The zero-order chi connectivity index (χ0) is 26.5. The van der Waals surface area contributed by atoms with Gasteiger partial charge in [0.05, 0.1) is 19.1 Å². The molecule has 4 heterocycles. The quantitative estimate of drug-likeness (QED) is 0.412. The van der Waals surface area contributed by atoms with Gasteiger partial charge >= 0.3 is 5.97 Å². The number of hydrogen-bond acceptors (Lipinski definition) is 7. The predicted molar refractivity (Wildman–Crippen MR) is 139 cm³/mol. The van der Waals surface area contributed by atoms with E-state index in [4.69, 9.17) is 9.84 Å². The van der Waals surface area contributed by atoms with Crippen LogP contribution in [-0.4, -0.2) is 70.1 Å². The van der Waals surface area contributed by atoms with Crippen molar-refractivity contribution >= 4 is 29.2 Å². The number of hydrogen-bond donors (Lipinski definition) is 3. The first-order valence-corrected chi connectivity index (χ1v) is 12.4. The highest BCUT2D eigenvalue weighted by atomic mass is 16.5. The lowest BCUT2D eigenvalue weighted by Crippen LogP contribution is -2.36. The minimum absolute atomic E-state index is 0.199. The van der Waals surface area contributed by atoms with Crippen LogP contribution in [0.3, 0.4) is 0 Å². The molecule has 0 saturated carbocycles. The molecule has 0 spiro atoms. The average Bonchev–Trinajstić information content (AvgIpc) is 3.40. The molecule has 0 bridgehead atoms. The Hall–Kier alpha value is -4.51. The van der Waals surface area contributed by atoms with Crippen molar-refractivity contribution < 1.29 is 24.2 Å². The Bertz CT molecular complexity index is 1420. The molecule has 3 aromatic heterocycles. The maximum Gasteiger partial charge on any atom is 0.310 e. The number of morpholine rings is 1. The topological polar surface area (TPSA) is 138 Å². The van der Waals surface area contributed by atoms with Crippen molar-refractivity contribution in [1.82, 2.24) is 25.0 Å². The summed E-state index contributed by atoms with van der Waals surface area (Å²) in [7, 11) is 0. The number of imidazole rings is 1. The van der Waals surface area contributed by atoms with Crippen molar-refractivity contribution in [3.05, 3.63) is 83.5 Å². The van der Waals surface area contributed by atoms with Crippen molar-refractivity contribution in [2.24, 2.45) is 5.92 Å². The third-order valence-electron chi connectivity index (χ3n) is 6.50. The van der Waals surface area contributed by atoms with E-state index in [2.05, 4.69) is 25.5 Å². The van der Waals surface area contributed by atoms with Gasteiger partial charge in [-0.05, 0) is 41.8 Å². The molecule has 3 N–H and O–H groups in total. The molecule has 1 aliphatic heterocycles. The van der Waals surface area contributed by atoms with Crippen LogP contribution >= 0.6 is 0 Å². The lowest BCUT2D eigenvalue weighted by Gasteiger charge is -2.28. The fourth-order valence-corrected chi connectivity index (χ4v) is 4.37. The number of aromatic nitrogens is 3. The SMILES string of the molecule is O=C(NCc1ccnc(N2CCOCC2)c1)c1cn2c(C(=O)NCC3=CCC(C(=O)O)C=C3)cccc2n1. The molecule has 38 heavy (non-hydrogen) atoms. The highest BCUT2D eigenvalue weighted by molar-refractivity contribution is 5.95. The number of aliphatic carboxylic acids is 1. The molecule has 5 rings (SSSR count). The molecule has 3 aromatic rings. The molecule has 196 valence electrons. The minimum atomic E-state index is -0.870. The number of carbonyl (C=O) groups excluding carboxylic acids is 2. The number of fused-ring (bicyclic) bond motifs is 1. The molecular weight excluding hydrogens is 488 g/mol. The van der Waals surface area contributed by atoms with E-state index in [9.17, 15) is 14.4 Å². The standard InChI is InChI=1S/C27H28N6O5/c34-25(29-16-19-8-9-28-24(14-19)32-10-12-38-13-11-32)21-17-33-22(2-1-3-23(33)31-21)26(35)30-15-18-4-6-20(7-5-18)27(36)37/h1-6,8-9,14,17,20H,7,10-13,15-16H2,(H,29,34)(H,30,35)(H,36,37). The summed E-state index contributed by atoms with van der Waals surface area (Å²) in [5, 5.41) is 14.8. The van der Waals surface area contributed by atoms with Crippen molar-refractivity contribution in [2.75, 3.05) is 37.7 Å². The van der Waals surface area contributed by atoms with Gasteiger partial charge in [0.15, 0.2) is 0 Å². The van der Waals surface area contributed by atoms with Gasteiger partial charge in [-0.1, -0.05) is 24.3 Å². The van der Waals surface area contributed by atoms with Crippen molar-refractivity contribution in [3.63, 3.8) is 0 Å². The van der Waals surface area contributed by atoms with Crippen LogP contribution in [0.2, 0.25) is 0 Å². The van der Waals surface area contributed by atoms with E-state index in [-0.39, 0.29) is 24.1 Å². The van der Waals surface area contributed by atoms with E-state index >= 15 is 0 Å². The van der Waals surface area contributed by atoms with Gasteiger partial charge in [0.1, 0.15) is 22.9 Å². The van der Waals surface area contributed by atoms with Crippen LogP contribution < -0.4 is 15.5 Å². The Morgan fingerprint density at radius 3 is 2.66 bits per heavy atom. The number of carboxylic acids is 1. The molecule has 1 unspecified atom stereocenters. The number of nitrogens with one attached hydrogen (secondary N) is 2. The largest absolute Gasteiger partial charge is 0.481 e. The van der Waals surface area contributed by atoms with Crippen LogP contribution in [0.4, 0.5) is 5.82 Å². The van der Waals surface area contributed by atoms with E-state index < -0.39 is 11.9 Å². The summed E-state index contributed by atoms with van der Waals surface area (Å²) >= 11 is 0. The summed E-state index contributed by atoms with van der Waals surface area (Å²) in [6.07, 6.45) is 8.82. The Kier molecular flexibility index (Phi) is 7.45. The fourth-order valence-electron chi connectivity index (χ4n) is 4.37. The summed E-state index contributed by atoms with van der Waals surface area (Å²) < 4.78 is 6.98. The van der Waals surface area contributed by atoms with Gasteiger partial charge in [0.2, 0.25) is 0 Å². The van der Waals surface area contributed by atoms with E-state index in [1.807, 2.05) is 18.2 Å². The number of nitrogens with zero attached hydrogens (tertiary/aromatic N) is 4. The number of amides is 2. The summed E-state index contributed by atoms with van der Waals surface area (Å²) in [6, 6.07) is 8.90. The number of rotatable bonds is 8. The Morgan fingerprint density at radius 2 is 1.89 bits per heavy atom. The zero-order valence-corrected chi connectivity index (χ0v) is 20.7. The third-order valence-corrected chi connectivity index (χ3v) is 6.50. The zero-order valence-electron chi connectivity index (χ0n) is 20.7. The Balaban J connectivity index is 1.22. The van der Waals surface area contributed by atoms with Gasteiger partial charge in [-0.25, -0.2) is 9.97 Å². The lowest BCUT2D eigenvalue weighted by atomic mass is 9.97. The normalized spacial score (nSPS) is 17.2. The van der Waals surface area contributed by atoms with Crippen LogP contribution in [0.25, 0.3) is 5.65 Å². The minimum Gasteiger partial charge on any atom is -0.481 e. The second-order valence-electron chi connectivity index (χ2n) is 9.07. The predicted octanol–water partition coefficient (Wildman–Crippen LogP) is 1.81. The van der Waals surface area contributed by atoms with E-state index in [0.717, 1.165) is 30.0 Å². The van der Waals surface area contributed by atoms with Crippen LogP contribution in [0.15, 0.2) is 66.5 Å². The fraction of sp³-hybridized carbons (Fsp3) is 0.296. The highest BCUT2D eigenvalue weighted by Gasteiger charge is 2.18. The Morgan fingerprint density at radius 1 is 1.08 bits per heavy atom. The van der Waals surface area contributed by atoms with Gasteiger partial charge < -0.3 is 25.4 Å². The molecule has 0 aromatic carbocycles. The molecule has 1 atom stereocenters. The van der Waals surface area contributed by atoms with Crippen LogP contribution in [0.5, 0.6) is 0 Å². The van der Waals surface area contributed by atoms with E-state index in [1.165, 1.54) is 0 Å². The summed E-state index contributed by atoms with van der Waals surface area (Å²) in [6.45, 7) is 3.46. The first-order chi connectivity index (χ1) is 18.5. The molecule has 11 nitrogen and oxygen atoms in total. The van der Waals surface area contributed by atoms with Gasteiger partial charge in [-0.2, -0.15) is 0 Å². The van der Waals surface area contributed by atoms with Crippen molar-refractivity contribution in [1.29, 1.82) is 0 Å². The van der Waals surface area contributed by atoms with Crippen LogP contribution in [-0.2, 0) is 16.1 Å². The van der Waals surface area contributed by atoms with Crippen molar-refractivity contribution in [3.8, 4) is 0 Å². The molecule has 1 aliphatic carbocycles. The number of pyridine rings is 2. The maximum absolute atomic E-state index is 12.9. The molecule has 1 saturated heterocycles. The number of carboxylic acid groups (broad SMARTS) is 1. The molecule has 0 radical (unpaired) electrons. The van der Waals surface area contributed by atoms with Gasteiger partial charge in [-0.3, -0.25) is 18.8 Å². The molecule has 1 fully saturated rings. The summed E-state index contributed by atoms with van der Waals surface area (Å²) in [4.78, 5) is 47.8. The Labute approximate surface area is 218 Å².